The Morgan fingerprint density at radius 2 is 1.76 bits per heavy atom. The van der Waals surface area contributed by atoms with Crippen LogP contribution in [0, 0.1) is 11.3 Å². The highest BCUT2D eigenvalue weighted by Gasteiger charge is 2.24. The van der Waals surface area contributed by atoms with E-state index in [1.807, 2.05) is 30.3 Å². The summed E-state index contributed by atoms with van der Waals surface area (Å²) < 4.78 is 15.9. The van der Waals surface area contributed by atoms with Crippen molar-refractivity contribution in [1.82, 2.24) is 10.3 Å². The number of carbonyl (C=O) groups excluding carboxylic acids is 2. The average molecular weight is 450 g/mol. The zero-order chi connectivity index (χ0) is 23.8. The molecule has 1 aliphatic rings. The lowest BCUT2D eigenvalue weighted by molar-refractivity contribution is -0.133. The van der Waals surface area contributed by atoms with Crippen molar-refractivity contribution < 1.29 is 23.8 Å². The third-order valence-corrected chi connectivity index (χ3v) is 5.22. The minimum atomic E-state index is -0.948. The van der Waals surface area contributed by atoms with Crippen molar-refractivity contribution in [1.29, 1.82) is 5.26 Å². The molecule has 0 saturated heterocycles. The van der Waals surface area contributed by atoms with Gasteiger partial charge in [0.05, 0.1) is 39.7 Å². The zero-order valence-corrected chi connectivity index (χ0v) is 18.8. The van der Waals surface area contributed by atoms with E-state index in [0.29, 0.717) is 35.8 Å². The summed E-state index contributed by atoms with van der Waals surface area (Å²) >= 11 is 0. The summed E-state index contributed by atoms with van der Waals surface area (Å²) in [4.78, 5) is 25.0. The lowest BCUT2D eigenvalue weighted by atomic mass is 10.1. The van der Waals surface area contributed by atoms with Crippen LogP contribution in [0.4, 0.5) is 0 Å². The fraction of sp³-hybridized carbons (Fsp3) is 0.333. The summed E-state index contributed by atoms with van der Waals surface area (Å²) in [6, 6.07) is 14.0. The summed E-state index contributed by atoms with van der Waals surface area (Å²) in [6.45, 7) is 0.483. The van der Waals surface area contributed by atoms with Gasteiger partial charge in [-0.05, 0) is 23.3 Å². The number of hydrazone groups is 1. The Morgan fingerprint density at radius 3 is 2.33 bits per heavy atom. The highest BCUT2D eigenvalue weighted by Crippen LogP contribution is 2.39. The standard InChI is InChI=1S/C24H26N4O5/c1-31-20-13-17(14-21(32-2)24(20)33-3)19(15-25)26-22(29)9-10-23(30)28-12-11-18(27-28)16-7-5-4-6-8-16/h4-8,13-14,19H,9-12H2,1-3H3,(H,26,29). The largest absolute Gasteiger partial charge is 0.493 e. The Bertz CT molecular complexity index is 1050. The molecule has 9 nitrogen and oxygen atoms in total. The van der Waals surface area contributed by atoms with E-state index in [1.54, 1.807) is 12.1 Å². The SMILES string of the molecule is COc1cc(C(C#N)NC(=O)CCC(=O)N2CCC(c3ccccc3)=N2)cc(OC)c1OC. The lowest BCUT2D eigenvalue weighted by Crippen LogP contribution is -2.30. The summed E-state index contributed by atoms with van der Waals surface area (Å²) in [5.41, 5.74) is 2.30. The molecular formula is C24H26N4O5. The number of nitriles is 1. The Hall–Kier alpha value is -4.06. The van der Waals surface area contributed by atoms with Gasteiger partial charge in [-0.15, -0.1) is 0 Å². The number of benzene rings is 2. The van der Waals surface area contributed by atoms with Gasteiger partial charge in [-0.3, -0.25) is 9.59 Å². The molecule has 33 heavy (non-hydrogen) atoms. The molecule has 0 radical (unpaired) electrons. The Morgan fingerprint density at radius 1 is 1.09 bits per heavy atom. The van der Waals surface area contributed by atoms with E-state index < -0.39 is 11.9 Å². The maximum Gasteiger partial charge on any atom is 0.243 e. The highest BCUT2D eigenvalue weighted by molar-refractivity contribution is 6.02. The van der Waals surface area contributed by atoms with Crippen molar-refractivity contribution in [3.8, 4) is 23.3 Å². The molecule has 3 rings (SSSR count). The van der Waals surface area contributed by atoms with Gasteiger partial charge in [0.15, 0.2) is 11.5 Å². The van der Waals surface area contributed by atoms with Crippen molar-refractivity contribution in [2.24, 2.45) is 5.10 Å². The summed E-state index contributed by atoms with van der Waals surface area (Å²) in [5.74, 6) is 0.473. The summed E-state index contributed by atoms with van der Waals surface area (Å²) in [7, 11) is 4.42. The number of nitrogens with one attached hydrogen (secondary N) is 1. The highest BCUT2D eigenvalue weighted by atomic mass is 16.5. The quantitative estimate of drug-likeness (QED) is 0.629. The number of amides is 2. The third-order valence-electron chi connectivity index (χ3n) is 5.22. The Labute approximate surface area is 192 Å². The predicted octanol–water partition coefficient (Wildman–Crippen LogP) is 2.81. The topological polar surface area (TPSA) is 113 Å². The number of ether oxygens (including phenoxy) is 3. The summed E-state index contributed by atoms with van der Waals surface area (Å²) in [6.07, 6.45) is 0.596. The van der Waals surface area contributed by atoms with E-state index in [9.17, 15) is 14.9 Å². The molecular weight excluding hydrogens is 424 g/mol. The van der Waals surface area contributed by atoms with Gasteiger partial charge in [0, 0.05) is 19.3 Å². The van der Waals surface area contributed by atoms with E-state index in [-0.39, 0.29) is 18.7 Å². The molecule has 2 amide bonds. The van der Waals surface area contributed by atoms with E-state index in [0.717, 1.165) is 11.3 Å². The van der Waals surface area contributed by atoms with E-state index in [4.69, 9.17) is 14.2 Å². The molecule has 1 atom stereocenters. The van der Waals surface area contributed by atoms with E-state index >= 15 is 0 Å². The first-order valence-corrected chi connectivity index (χ1v) is 10.4. The molecule has 1 unspecified atom stereocenters. The molecule has 1 aliphatic heterocycles. The van der Waals surface area contributed by atoms with Gasteiger partial charge < -0.3 is 19.5 Å². The number of nitrogens with zero attached hydrogens (tertiary/aromatic N) is 3. The molecule has 2 aromatic carbocycles. The number of hydrogen-bond donors (Lipinski definition) is 1. The van der Waals surface area contributed by atoms with Crippen LogP contribution in [-0.4, -0.2) is 50.4 Å². The average Bonchev–Trinajstić information content (AvgIpc) is 3.36. The lowest BCUT2D eigenvalue weighted by Gasteiger charge is -2.17. The van der Waals surface area contributed by atoms with Crippen LogP contribution in [0.3, 0.4) is 0 Å². The van der Waals surface area contributed by atoms with Crippen LogP contribution >= 0.6 is 0 Å². The van der Waals surface area contributed by atoms with Gasteiger partial charge in [0.1, 0.15) is 6.04 Å². The second-order valence-electron chi connectivity index (χ2n) is 7.27. The van der Waals surface area contributed by atoms with Gasteiger partial charge in [-0.2, -0.15) is 10.4 Å². The molecule has 1 heterocycles. The van der Waals surface area contributed by atoms with Crippen LogP contribution in [0.15, 0.2) is 47.6 Å². The van der Waals surface area contributed by atoms with Gasteiger partial charge in [-0.25, -0.2) is 5.01 Å². The first kappa shape index (κ1) is 23.6. The van der Waals surface area contributed by atoms with Crippen molar-refractivity contribution in [3.63, 3.8) is 0 Å². The van der Waals surface area contributed by atoms with Crippen LogP contribution in [0.5, 0.6) is 17.2 Å². The van der Waals surface area contributed by atoms with Crippen LogP contribution in [0.2, 0.25) is 0 Å². The van der Waals surface area contributed by atoms with Crippen LogP contribution in [0.1, 0.15) is 36.4 Å². The summed E-state index contributed by atoms with van der Waals surface area (Å²) in [5, 5.41) is 18.0. The molecule has 0 aliphatic carbocycles. The zero-order valence-electron chi connectivity index (χ0n) is 18.8. The van der Waals surface area contributed by atoms with Gasteiger partial charge >= 0.3 is 0 Å². The maximum absolute atomic E-state index is 12.5. The fourth-order valence-corrected chi connectivity index (χ4v) is 3.51. The normalized spacial score (nSPS) is 13.5. The molecule has 0 spiro atoms. The number of hydrogen-bond acceptors (Lipinski definition) is 7. The second-order valence-corrected chi connectivity index (χ2v) is 7.27. The molecule has 172 valence electrons. The molecule has 0 saturated carbocycles. The monoisotopic (exact) mass is 450 g/mol. The minimum absolute atomic E-state index is 0.00912. The third kappa shape index (κ3) is 5.60. The van der Waals surface area contributed by atoms with Gasteiger partial charge in [0.25, 0.3) is 0 Å². The fourth-order valence-electron chi connectivity index (χ4n) is 3.51. The smallest absolute Gasteiger partial charge is 0.243 e. The molecule has 2 aromatic rings. The first-order chi connectivity index (χ1) is 16.0. The van der Waals surface area contributed by atoms with Crippen LogP contribution in [0.25, 0.3) is 0 Å². The Kier molecular flexibility index (Phi) is 7.86. The van der Waals surface area contributed by atoms with Gasteiger partial charge in [0.2, 0.25) is 17.6 Å². The van der Waals surface area contributed by atoms with E-state index in [1.165, 1.54) is 26.3 Å². The molecule has 0 fully saturated rings. The number of rotatable bonds is 9. The number of methoxy groups -OCH3 is 3. The van der Waals surface area contributed by atoms with E-state index in [2.05, 4.69) is 16.5 Å². The molecule has 9 heteroatoms. The van der Waals surface area contributed by atoms with Crippen LogP contribution in [-0.2, 0) is 9.59 Å². The van der Waals surface area contributed by atoms with Crippen molar-refractivity contribution in [2.75, 3.05) is 27.9 Å². The number of carbonyl (C=O) groups is 2. The molecule has 0 bridgehead atoms. The van der Waals surface area contributed by atoms with Crippen molar-refractivity contribution >= 4 is 17.5 Å². The molecule has 1 N–H and O–H groups in total. The second kappa shape index (κ2) is 11.0. The predicted molar refractivity (Wildman–Crippen MR) is 121 cm³/mol. The van der Waals surface area contributed by atoms with Crippen LogP contribution < -0.4 is 19.5 Å². The minimum Gasteiger partial charge on any atom is -0.493 e. The maximum atomic E-state index is 12.5. The Balaban J connectivity index is 1.60. The van der Waals surface area contributed by atoms with Crippen molar-refractivity contribution in [2.45, 2.75) is 25.3 Å². The molecule has 0 aromatic heterocycles. The first-order valence-electron chi connectivity index (χ1n) is 10.4. The van der Waals surface area contributed by atoms with Gasteiger partial charge in [-0.1, -0.05) is 30.3 Å². The van der Waals surface area contributed by atoms with Crippen molar-refractivity contribution in [3.05, 3.63) is 53.6 Å².